The van der Waals surface area contributed by atoms with Gasteiger partial charge in [0.05, 0.1) is 12.3 Å². The van der Waals surface area contributed by atoms with Crippen molar-refractivity contribution in [2.24, 2.45) is 11.8 Å². The molecule has 0 unspecified atom stereocenters. The number of aliphatic hydroxyl groups is 1. The van der Waals surface area contributed by atoms with Crippen molar-refractivity contribution in [2.75, 3.05) is 26.7 Å². The molecule has 5 nitrogen and oxygen atoms in total. The molecule has 0 aliphatic carbocycles. The van der Waals surface area contributed by atoms with E-state index in [2.05, 4.69) is 5.32 Å². The fourth-order valence-corrected chi connectivity index (χ4v) is 2.86. The molecule has 1 heterocycles. The number of benzene rings is 1. The number of likely N-dealkylation sites (tertiary alicyclic amines) is 1. The number of carbonyl (C=O) groups is 2. The average molecular weight is 311 g/mol. The zero-order valence-electron chi connectivity index (χ0n) is 11.9. The summed E-state index contributed by atoms with van der Waals surface area (Å²) in [4.78, 5) is 25.8. The van der Waals surface area contributed by atoms with Crippen LogP contribution in [0.1, 0.15) is 5.56 Å². The first-order valence-electron chi connectivity index (χ1n) is 6.90. The second-order valence-corrected chi connectivity index (χ2v) is 5.64. The van der Waals surface area contributed by atoms with Gasteiger partial charge in [0.15, 0.2) is 0 Å². The second kappa shape index (κ2) is 6.91. The summed E-state index contributed by atoms with van der Waals surface area (Å²) in [5, 5.41) is 12.5. The highest BCUT2D eigenvalue weighted by Gasteiger charge is 2.38. The largest absolute Gasteiger partial charge is 0.396 e. The first-order valence-corrected chi connectivity index (χ1v) is 7.28. The number of amides is 2. The van der Waals surface area contributed by atoms with Gasteiger partial charge in [-0.2, -0.15) is 0 Å². The van der Waals surface area contributed by atoms with Gasteiger partial charge in [-0.1, -0.05) is 29.8 Å². The molecule has 114 valence electrons. The maximum Gasteiger partial charge on any atom is 0.227 e. The lowest BCUT2D eigenvalue weighted by atomic mass is 9.96. The van der Waals surface area contributed by atoms with Crippen molar-refractivity contribution in [2.45, 2.75) is 6.42 Å². The van der Waals surface area contributed by atoms with Crippen molar-refractivity contribution < 1.29 is 14.7 Å². The summed E-state index contributed by atoms with van der Waals surface area (Å²) in [5.41, 5.74) is 0.771. The summed E-state index contributed by atoms with van der Waals surface area (Å²) in [5.74, 6) is -0.773. The molecule has 1 aromatic rings. The highest BCUT2D eigenvalue weighted by Crippen LogP contribution is 2.25. The molecule has 0 aromatic heterocycles. The molecule has 0 radical (unpaired) electrons. The molecule has 1 saturated heterocycles. The standard InChI is InChI=1S/C15H19ClN2O3/c1-17-15(21)12-8-18(7-11(12)9-19)14(20)6-10-4-2-3-5-13(10)16/h2-5,11-12,19H,6-9H2,1H3,(H,17,21)/t11-,12+/m0/s1. The molecule has 0 saturated carbocycles. The third kappa shape index (κ3) is 3.54. The number of rotatable bonds is 4. The van der Waals surface area contributed by atoms with Gasteiger partial charge < -0.3 is 15.3 Å². The highest BCUT2D eigenvalue weighted by atomic mass is 35.5. The predicted molar refractivity (Wildman–Crippen MR) is 79.9 cm³/mol. The van der Waals surface area contributed by atoms with Crippen molar-refractivity contribution >= 4 is 23.4 Å². The molecule has 21 heavy (non-hydrogen) atoms. The van der Waals surface area contributed by atoms with E-state index >= 15 is 0 Å². The van der Waals surface area contributed by atoms with Crippen LogP contribution in [0.3, 0.4) is 0 Å². The van der Waals surface area contributed by atoms with Gasteiger partial charge in [0.25, 0.3) is 0 Å². The molecule has 0 bridgehead atoms. The molecule has 1 aliphatic heterocycles. The van der Waals surface area contributed by atoms with Crippen molar-refractivity contribution in [3.8, 4) is 0 Å². The number of halogens is 1. The Kier molecular flexibility index (Phi) is 5.20. The van der Waals surface area contributed by atoms with Crippen LogP contribution in [0.15, 0.2) is 24.3 Å². The van der Waals surface area contributed by atoms with Crippen LogP contribution in [-0.2, 0) is 16.0 Å². The average Bonchev–Trinajstić information content (AvgIpc) is 2.93. The third-order valence-corrected chi connectivity index (χ3v) is 4.28. The van der Waals surface area contributed by atoms with Crippen LogP contribution in [0.25, 0.3) is 0 Å². The zero-order chi connectivity index (χ0) is 15.4. The maximum absolute atomic E-state index is 12.3. The molecule has 1 aliphatic rings. The summed E-state index contributed by atoms with van der Waals surface area (Å²) < 4.78 is 0. The molecule has 1 fully saturated rings. The maximum atomic E-state index is 12.3. The van der Waals surface area contributed by atoms with Gasteiger partial charge in [-0.3, -0.25) is 9.59 Å². The zero-order valence-corrected chi connectivity index (χ0v) is 12.6. The number of nitrogens with one attached hydrogen (secondary N) is 1. The fraction of sp³-hybridized carbons (Fsp3) is 0.467. The molecular formula is C15H19ClN2O3. The Morgan fingerprint density at radius 1 is 1.38 bits per heavy atom. The number of hydrogen-bond donors (Lipinski definition) is 2. The Hall–Kier alpha value is -1.59. The molecular weight excluding hydrogens is 292 g/mol. The van der Waals surface area contributed by atoms with E-state index in [9.17, 15) is 14.7 Å². The number of carbonyl (C=O) groups excluding carboxylic acids is 2. The van der Waals surface area contributed by atoms with Crippen LogP contribution in [0, 0.1) is 11.8 Å². The molecule has 2 N–H and O–H groups in total. The quantitative estimate of drug-likeness (QED) is 0.860. The smallest absolute Gasteiger partial charge is 0.227 e. The molecule has 6 heteroatoms. The molecule has 2 atom stereocenters. The van der Waals surface area contributed by atoms with Crippen LogP contribution in [0.4, 0.5) is 0 Å². The summed E-state index contributed by atoms with van der Waals surface area (Å²) >= 11 is 6.06. The summed E-state index contributed by atoms with van der Waals surface area (Å²) in [6.07, 6.45) is 0.207. The lowest BCUT2D eigenvalue weighted by Gasteiger charge is -2.16. The van der Waals surface area contributed by atoms with Gasteiger partial charge in [0.2, 0.25) is 11.8 Å². The summed E-state index contributed by atoms with van der Waals surface area (Å²) in [7, 11) is 1.56. The number of nitrogens with zero attached hydrogens (tertiary/aromatic N) is 1. The molecule has 2 rings (SSSR count). The van der Waals surface area contributed by atoms with Gasteiger partial charge in [-0.15, -0.1) is 0 Å². The first-order chi connectivity index (χ1) is 10.1. The molecule has 1 aromatic carbocycles. The SMILES string of the molecule is CNC(=O)[C@@H]1CN(C(=O)Cc2ccccc2Cl)C[C@H]1CO. The lowest BCUT2D eigenvalue weighted by molar-refractivity contribution is -0.130. The molecule has 0 spiro atoms. The Labute approximate surface area is 128 Å². The Bertz CT molecular complexity index is 535. The van der Waals surface area contributed by atoms with Gasteiger partial charge >= 0.3 is 0 Å². The minimum Gasteiger partial charge on any atom is -0.396 e. The monoisotopic (exact) mass is 310 g/mol. The van der Waals surface area contributed by atoms with Crippen LogP contribution in [0.5, 0.6) is 0 Å². The topological polar surface area (TPSA) is 69.6 Å². The van der Waals surface area contributed by atoms with E-state index in [1.165, 1.54) is 0 Å². The van der Waals surface area contributed by atoms with Crippen LogP contribution < -0.4 is 5.32 Å². The van der Waals surface area contributed by atoms with Gasteiger partial charge in [-0.25, -0.2) is 0 Å². The second-order valence-electron chi connectivity index (χ2n) is 5.23. The fourth-order valence-electron chi connectivity index (χ4n) is 2.66. The van der Waals surface area contributed by atoms with Crippen LogP contribution in [-0.4, -0.2) is 48.6 Å². The Morgan fingerprint density at radius 2 is 2.10 bits per heavy atom. The lowest BCUT2D eigenvalue weighted by Crippen LogP contribution is -2.34. The first kappa shape index (κ1) is 15.8. The van der Waals surface area contributed by atoms with Crippen molar-refractivity contribution in [3.63, 3.8) is 0 Å². The van der Waals surface area contributed by atoms with E-state index in [1.54, 1.807) is 18.0 Å². The highest BCUT2D eigenvalue weighted by molar-refractivity contribution is 6.31. The Morgan fingerprint density at radius 3 is 2.71 bits per heavy atom. The van der Waals surface area contributed by atoms with Crippen molar-refractivity contribution in [1.82, 2.24) is 10.2 Å². The molecule has 2 amide bonds. The summed E-state index contributed by atoms with van der Waals surface area (Å²) in [6, 6.07) is 7.21. The van der Waals surface area contributed by atoms with Gasteiger partial charge in [0.1, 0.15) is 0 Å². The van der Waals surface area contributed by atoms with Gasteiger partial charge in [-0.05, 0) is 11.6 Å². The minimum absolute atomic E-state index is 0.0760. The van der Waals surface area contributed by atoms with Crippen LogP contribution >= 0.6 is 11.6 Å². The normalized spacial score (nSPS) is 21.4. The third-order valence-electron chi connectivity index (χ3n) is 3.91. The van der Waals surface area contributed by atoms with Crippen molar-refractivity contribution in [3.05, 3.63) is 34.9 Å². The number of aliphatic hydroxyl groups excluding tert-OH is 1. The predicted octanol–water partition coefficient (Wildman–Crippen LogP) is 0.695. The number of hydrogen-bond acceptors (Lipinski definition) is 3. The van der Waals surface area contributed by atoms with Crippen molar-refractivity contribution in [1.29, 1.82) is 0 Å². The van der Waals surface area contributed by atoms with E-state index in [0.29, 0.717) is 18.1 Å². The van der Waals surface area contributed by atoms with E-state index in [0.717, 1.165) is 5.56 Å². The Balaban J connectivity index is 2.04. The summed E-state index contributed by atoms with van der Waals surface area (Å²) in [6.45, 7) is 0.639. The van der Waals surface area contributed by atoms with E-state index in [1.807, 2.05) is 18.2 Å². The van der Waals surface area contributed by atoms with E-state index in [4.69, 9.17) is 11.6 Å². The van der Waals surface area contributed by atoms with E-state index in [-0.39, 0.29) is 36.7 Å². The van der Waals surface area contributed by atoms with E-state index < -0.39 is 0 Å². The van der Waals surface area contributed by atoms with Gasteiger partial charge in [0, 0.05) is 37.7 Å². The minimum atomic E-state index is -0.352. The van der Waals surface area contributed by atoms with Crippen LogP contribution in [0.2, 0.25) is 5.02 Å².